The molecular formula is C16H27NO. The molecule has 0 aromatic heterocycles. The Hall–Kier alpha value is -0.530. The summed E-state index contributed by atoms with van der Waals surface area (Å²) in [5.41, 5.74) is 0. The van der Waals surface area contributed by atoms with E-state index in [0.29, 0.717) is 23.8 Å². The van der Waals surface area contributed by atoms with Crippen LogP contribution in [0.25, 0.3) is 0 Å². The summed E-state index contributed by atoms with van der Waals surface area (Å²) in [6.07, 6.45) is 10.4. The summed E-state index contributed by atoms with van der Waals surface area (Å²) in [5, 5.41) is 0. The average molecular weight is 249 g/mol. The van der Waals surface area contributed by atoms with E-state index in [-0.39, 0.29) is 0 Å². The second-order valence-corrected chi connectivity index (χ2v) is 7.06. The van der Waals surface area contributed by atoms with Gasteiger partial charge in [0.05, 0.1) is 0 Å². The average Bonchev–Trinajstić information content (AvgIpc) is 3.00. The van der Waals surface area contributed by atoms with Gasteiger partial charge < -0.3 is 4.90 Å². The van der Waals surface area contributed by atoms with Gasteiger partial charge in [-0.1, -0.05) is 26.2 Å². The molecule has 1 amide bonds. The summed E-state index contributed by atoms with van der Waals surface area (Å²) in [5.74, 6) is 3.15. The zero-order chi connectivity index (χ0) is 12.7. The fourth-order valence-corrected chi connectivity index (χ4v) is 4.84. The molecule has 3 aliphatic carbocycles. The Morgan fingerprint density at radius 1 is 1.06 bits per heavy atom. The van der Waals surface area contributed by atoms with Crippen molar-refractivity contribution in [3.8, 4) is 0 Å². The first kappa shape index (κ1) is 12.5. The SMILES string of the molecule is CC1CCCCC1N(C)C(=O)C1CC2CCC1C2. The van der Waals surface area contributed by atoms with Crippen molar-refractivity contribution in [2.24, 2.45) is 23.7 Å². The molecular weight excluding hydrogens is 222 g/mol. The van der Waals surface area contributed by atoms with Crippen molar-refractivity contribution in [1.82, 2.24) is 4.90 Å². The summed E-state index contributed by atoms with van der Waals surface area (Å²) in [6, 6.07) is 0.519. The molecule has 3 rings (SSSR count). The van der Waals surface area contributed by atoms with E-state index < -0.39 is 0 Å². The van der Waals surface area contributed by atoms with Crippen LogP contribution in [0.2, 0.25) is 0 Å². The third kappa shape index (κ3) is 2.08. The maximum absolute atomic E-state index is 12.7. The Kier molecular flexibility index (Phi) is 3.38. The second-order valence-electron chi connectivity index (χ2n) is 7.06. The number of carbonyl (C=O) groups is 1. The van der Waals surface area contributed by atoms with Crippen molar-refractivity contribution in [2.75, 3.05) is 7.05 Å². The van der Waals surface area contributed by atoms with Crippen LogP contribution in [0.15, 0.2) is 0 Å². The lowest BCUT2D eigenvalue weighted by molar-refractivity contribution is -0.139. The normalized spacial score (nSPS) is 43.1. The van der Waals surface area contributed by atoms with E-state index in [2.05, 4.69) is 18.9 Å². The molecule has 0 aliphatic heterocycles. The van der Waals surface area contributed by atoms with Gasteiger partial charge in [-0.15, -0.1) is 0 Å². The molecule has 0 heterocycles. The molecule has 0 spiro atoms. The van der Waals surface area contributed by atoms with E-state index in [1.807, 2.05) is 0 Å². The lowest BCUT2D eigenvalue weighted by Crippen LogP contribution is -2.46. The van der Waals surface area contributed by atoms with Crippen molar-refractivity contribution in [3.63, 3.8) is 0 Å². The maximum atomic E-state index is 12.7. The zero-order valence-electron chi connectivity index (χ0n) is 11.9. The van der Waals surface area contributed by atoms with Crippen LogP contribution in [0, 0.1) is 23.7 Å². The van der Waals surface area contributed by atoms with Crippen LogP contribution in [0.4, 0.5) is 0 Å². The van der Waals surface area contributed by atoms with Crippen molar-refractivity contribution >= 4 is 5.91 Å². The van der Waals surface area contributed by atoms with E-state index in [4.69, 9.17) is 0 Å². The topological polar surface area (TPSA) is 20.3 Å². The highest BCUT2D eigenvalue weighted by Gasteiger charge is 2.45. The molecule has 5 atom stereocenters. The van der Waals surface area contributed by atoms with Crippen LogP contribution < -0.4 is 0 Å². The van der Waals surface area contributed by atoms with E-state index in [1.165, 1.54) is 51.4 Å². The van der Waals surface area contributed by atoms with E-state index in [1.54, 1.807) is 0 Å². The van der Waals surface area contributed by atoms with Crippen LogP contribution in [0.5, 0.6) is 0 Å². The molecule has 3 saturated carbocycles. The molecule has 0 radical (unpaired) electrons. The smallest absolute Gasteiger partial charge is 0.225 e. The Bertz CT molecular complexity index is 327. The van der Waals surface area contributed by atoms with Gasteiger partial charge in [-0.2, -0.15) is 0 Å². The summed E-state index contributed by atoms with van der Waals surface area (Å²) in [7, 11) is 2.07. The molecule has 0 aromatic carbocycles. The minimum atomic E-state index is 0.378. The van der Waals surface area contributed by atoms with Gasteiger partial charge in [0.2, 0.25) is 5.91 Å². The third-order valence-electron chi connectivity index (χ3n) is 5.97. The quantitative estimate of drug-likeness (QED) is 0.734. The Morgan fingerprint density at radius 3 is 2.44 bits per heavy atom. The van der Waals surface area contributed by atoms with Crippen LogP contribution in [0.1, 0.15) is 58.3 Å². The summed E-state index contributed by atoms with van der Waals surface area (Å²) >= 11 is 0. The fraction of sp³-hybridized carbons (Fsp3) is 0.938. The standard InChI is InChI=1S/C16H27NO/c1-11-5-3-4-6-15(11)17(2)16(18)14-10-12-7-8-13(14)9-12/h11-15H,3-10H2,1-2H3. The number of hydrogen-bond donors (Lipinski definition) is 0. The fourth-order valence-electron chi connectivity index (χ4n) is 4.84. The van der Waals surface area contributed by atoms with Gasteiger partial charge in [0, 0.05) is 19.0 Å². The predicted octanol–water partition coefficient (Wildman–Crippen LogP) is 3.46. The molecule has 102 valence electrons. The highest BCUT2D eigenvalue weighted by atomic mass is 16.2. The maximum Gasteiger partial charge on any atom is 0.225 e. The summed E-state index contributed by atoms with van der Waals surface area (Å²) in [6.45, 7) is 2.33. The van der Waals surface area contributed by atoms with E-state index in [0.717, 1.165) is 11.8 Å². The van der Waals surface area contributed by atoms with Crippen LogP contribution in [-0.4, -0.2) is 23.9 Å². The van der Waals surface area contributed by atoms with Gasteiger partial charge in [-0.05, 0) is 49.9 Å². The summed E-state index contributed by atoms with van der Waals surface area (Å²) < 4.78 is 0. The number of fused-ring (bicyclic) bond motifs is 2. The second kappa shape index (κ2) is 4.86. The number of amides is 1. The van der Waals surface area contributed by atoms with Crippen LogP contribution in [0.3, 0.4) is 0 Å². The lowest BCUT2D eigenvalue weighted by Gasteiger charge is -2.38. The Balaban J connectivity index is 1.64. The summed E-state index contributed by atoms with van der Waals surface area (Å²) in [4.78, 5) is 14.8. The monoisotopic (exact) mass is 249 g/mol. The van der Waals surface area contributed by atoms with E-state index >= 15 is 0 Å². The molecule has 0 aromatic rings. The molecule has 2 bridgehead atoms. The van der Waals surface area contributed by atoms with Crippen LogP contribution >= 0.6 is 0 Å². The minimum absolute atomic E-state index is 0.378. The molecule has 2 heteroatoms. The third-order valence-corrected chi connectivity index (χ3v) is 5.97. The van der Waals surface area contributed by atoms with E-state index in [9.17, 15) is 4.79 Å². The first-order valence-electron chi connectivity index (χ1n) is 7.93. The van der Waals surface area contributed by atoms with Crippen molar-refractivity contribution in [3.05, 3.63) is 0 Å². The molecule has 5 unspecified atom stereocenters. The highest BCUT2D eigenvalue weighted by molar-refractivity contribution is 5.79. The van der Waals surface area contributed by atoms with Crippen molar-refractivity contribution in [2.45, 2.75) is 64.3 Å². The van der Waals surface area contributed by atoms with Gasteiger partial charge in [0.15, 0.2) is 0 Å². The first-order valence-corrected chi connectivity index (χ1v) is 7.93. The number of hydrogen-bond acceptors (Lipinski definition) is 1. The van der Waals surface area contributed by atoms with Gasteiger partial charge in [-0.3, -0.25) is 4.79 Å². The minimum Gasteiger partial charge on any atom is -0.342 e. The number of rotatable bonds is 2. The van der Waals surface area contributed by atoms with Gasteiger partial charge in [-0.25, -0.2) is 0 Å². The van der Waals surface area contributed by atoms with Crippen molar-refractivity contribution in [1.29, 1.82) is 0 Å². The largest absolute Gasteiger partial charge is 0.342 e. The number of carbonyl (C=O) groups excluding carboxylic acids is 1. The van der Waals surface area contributed by atoms with Gasteiger partial charge in [0.1, 0.15) is 0 Å². The highest BCUT2D eigenvalue weighted by Crippen LogP contribution is 2.49. The van der Waals surface area contributed by atoms with Crippen molar-refractivity contribution < 1.29 is 4.79 Å². The Morgan fingerprint density at radius 2 is 1.83 bits per heavy atom. The molecule has 3 aliphatic rings. The van der Waals surface area contributed by atoms with Crippen LogP contribution in [-0.2, 0) is 4.79 Å². The molecule has 2 nitrogen and oxygen atoms in total. The zero-order valence-corrected chi connectivity index (χ0v) is 11.9. The molecule has 18 heavy (non-hydrogen) atoms. The van der Waals surface area contributed by atoms with Gasteiger partial charge in [0.25, 0.3) is 0 Å². The molecule has 0 saturated heterocycles. The number of nitrogens with zero attached hydrogens (tertiary/aromatic N) is 1. The molecule has 3 fully saturated rings. The predicted molar refractivity (Wildman–Crippen MR) is 73.1 cm³/mol. The Labute approximate surface area is 111 Å². The lowest BCUT2D eigenvalue weighted by atomic mass is 9.83. The van der Waals surface area contributed by atoms with Gasteiger partial charge >= 0.3 is 0 Å². The first-order chi connectivity index (χ1) is 8.66. The molecule has 0 N–H and O–H groups in total.